The van der Waals surface area contributed by atoms with E-state index in [1.807, 2.05) is 0 Å². The van der Waals surface area contributed by atoms with Crippen LogP contribution in [-0.4, -0.2) is 55.9 Å². The molecule has 1 saturated heterocycles. The molecule has 0 spiro atoms. The van der Waals surface area contributed by atoms with Crippen LogP contribution in [0.5, 0.6) is 0 Å². The molecule has 1 aliphatic heterocycles. The number of piperidine rings is 1. The van der Waals surface area contributed by atoms with E-state index in [0.717, 1.165) is 31.6 Å². The third-order valence-electron chi connectivity index (χ3n) is 5.80. The summed E-state index contributed by atoms with van der Waals surface area (Å²) in [5.74, 6) is 0.951. The zero-order valence-electron chi connectivity index (χ0n) is 17.2. The van der Waals surface area contributed by atoms with Crippen LogP contribution in [0.1, 0.15) is 90.4 Å². The molecule has 1 fully saturated rings. The molecule has 0 saturated carbocycles. The van der Waals surface area contributed by atoms with Gasteiger partial charge in [-0.05, 0) is 84.2 Å². The lowest BCUT2D eigenvalue weighted by molar-refractivity contribution is -0.108. The van der Waals surface area contributed by atoms with Crippen LogP contribution in [-0.2, 0) is 4.79 Å². The highest BCUT2D eigenvalue weighted by Crippen LogP contribution is 2.21. The molecule has 3 heteroatoms. The van der Waals surface area contributed by atoms with Gasteiger partial charge in [-0.2, -0.15) is 0 Å². The third-order valence-corrected chi connectivity index (χ3v) is 5.80. The predicted molar refractivity (Wildman–Crippen MR) is 109 cm³/mol. The van der Waals surface area contributed by atoms with Gasteiger partial charge >= 0.3 is 0 Å². The molecule has 0 unspecified atom stereocenters. The number of likely N-dealkylation sites (tertiary alicyclic amines) is 1. The molecular formula is C22H44N2O. The van der Waals surface area contributed by atoms with Crippen LogP contribution in [0.2, 0.25) is 0 Å². The van der Waals surface area contributed by atoms with Crippen LogP contribution in [0.15, 0.2) is 0 Å². The van der Waals surface area contributed by atoms with E-state index >= 15 is 0 Å². The molecule has 148 valence electrons. The minimum Gasteiger partial charge on any atom is -0.306 e. The molecule has 0 radical (unpaired) electrons. The van der Waals surface area contributed by atoms with Crippen molar-refractivity contribution in [2.45, 2.75) is 90.4 Å². The van der Waals surface area contributed by atoms with Crippen molar-refractivity contribution in [3.05, 3.63) is 0 Å². The van der Waals surface area contributed by atoms with Gasteiger partial charge in [0.05, 0.1) is 0 Å². The van der Waals surface area contributed by atoms with Crippen LogP contribution in [0.25, 0.3) is 0 Å². The Labute approximate surface area is 157 Å². The number of unbranched alkanes of at least 4 members (excludes halogenated alkanes) is 7. The zero-order valence-corrected chi connectivity index (χ0v) is 17.2. The molecule has 0 aromatic heterocycles. The van der Waals surface area contributed by atoms with Gasteiger partial charge < -0.3 is 14.6 Å². The van der Waals surface area contributed by atoms with Gasteiger partial charge in [0.2, 0.25) is 0 Å². The maximum atomic E-state index is 10.6. The predicted octanol–water partition coefficient (Wildman–Crippen LogP) is 5.14. The summed E-state index contributed by atoms with van der Waals surface area (Å²) in [5, 5.41) is 0. The average molecular weight is 353 g/mol. The maximum absolute atomic E-state index is 10.6. The monoisotopic (exact) mass is 352 g/mol. The van der Waals surface area contributed by atoms with Crippen LogP contribution >= 0.6 is 0 Å². The Morgan fingerprint density at radius 1 is 0.880 bits per heavy atom. The van der Waals surface area contributed by atoms with Crippen molar-refractivity contribution in [1.82, 2.24) is 9.80 Å². The Hall–Kier alpha value is -0.410. The van der Waals surface area contributed by atoms with Gasteiger partial charge in [-0.15, -0.1) is 0 Å². The lowest BCUT2D eigenvalue weighted by atomic mass is 9.92. The van der Waals surface area contributed by atoms with Crippen molar-refractivity contribution >= 4 is 6.29 Å². The lowest BCUT2D eigenvalue weighted by Gasteiger charge is -2.29. The molecule has 3 nitrogen and oxygen atoms in total. The Kier molecular flexibility index (Phi) is 14.3. The molecule has 0 N–H and O–H groups in total. The Morgan fingerprint density at radius 2 is 1.48 bits per heavy atom. The van der Waals surface area contributed by atoms with Crippen molar-refractivity contribution < 1.29 is 4.79 Å². The van der Waals surface area contributed by atoms with Crippen molar-refractivity contribution in [2.75, 3.05) is 39.8 Å². The maximum Gasteiger partial charge on any atom is 0.120 e. The summed E-state index contributed by atoms with van der Waals surface area (Å²) in [4.78, 5) is 15.7. The summed E-state index contributed by atoms with van der Waals surface area (Å²) in [6.45, 7) is 8.43. The van der Waals surface area contributed by atoms with Crippen molar-refractivity contribution in [3.63, 3.8) is 0 Å². The normalized spacial score (nSPS) is 16.6. The number of carbonyl (C=O) groups is 1. The lowest BCUT2D eigenvalue weighted by Crippen LogP contribution is -2.31. The van der Waals surface area contributed by atoms with Crippen LogP contribution in [0, 0.1) is 5.92 Å². The van der Waals surface area contributed by atoms with E-state index in [4.69, 9.17) is 0 Å². The highest BCUT2D eigenvalue weighted by molar-refractivity contribution is 5.48. The number of hydrogen-bond donors (Lipinski definition) is 0. The number of nitrogens with zero attached hydrogens (tertiary/aromatic N) is 2. The summed E-state index contributed by atoms with van der Waals surface area (Å²) in [7, 11) is 2.24. The molecule has 1 rings (SSSR count). The van der Waals surface area contributed by atoms with E-state index in [-0.39, 0.29) is 0 Å². The Morgan fingerprint density at radius 3 is 2.16 bits per heavy atom. The van der Waals surface area contributed by atoms with Gasteiger partial charge in [0.1, 0.15) is 6.29 Å². The SMILES string of the molecule is CCCCCCCCCN(CCCC=O)CCCC1CCN(C)CC1. The number of carbonyl (C=O) groups excluding carboxylic acids is 1. The largest absolute Gasteiger partial charge is 0.306 e. The first kappa shape index (κ1) is 22.6. The summed E-state index contributed by atoms with van der Waals surface area (Å²) in [6, 6.07) is 0. The second kappa shape index (κ2) is 15.8. The Bertz CT molecular complexity index is 300. The highest BCUT2D eigenvalue weighted by atomic mass is 16.1. The molecule has 0 amide bonds. The molecule has 0 aliphatic carbocycles. The second-order valence-corrected chi connectivity index (χ2v) is 8.16. The fraction of sp³-hybridized carbons (Fsp3) is 0.955. The van der Waals surface area contributed by atoms with Gasteiger partial charge in [-0.1, -0.05) is 45.4 Å². The van der Waals surface area contributed by atoms with E-state index in [1.54, 1.807) is 0 Å². The van der Waals surface area contributed by atoms with Crippen LogP contribution in [0.4, 0.5) is 0 Å². The van der Waals surface area contributed by atoms with Gasteiger partial charge in [0.15, 0.2) is 0 Å². The molecule has 0 aromatic rings. The first-order valence-electron chi connectivity index (χ1n) is 11.1. The van der Waals surface area contributed by atoms with E-state index in [2.05, 4.69) is 23.8 Å². The molecule has 1 heterocycles. The van der Waals surface area contributed by atoms with Gasteiger partial charge in [-0.3, -0.25) is 0 Å². The fourth-order valence-electron chi connectivity index (χ4n) is 3.98. The zero-order chi connectivity index (χ0) is 18.2. The number of hydrogen-bond acceptors (Lipinski definition) is 3. The Balaban J connectivity index is 2.12. The summed E-state index contributed by atoms with van der Waals surface area (Å²) in [5.41, 5.74) is 0. The number of rotatable bonds is 16. The van der Waals surface area contributed by atoms with Crippen LogP contribution < -0.4 is 0 Å². The summed E-state index contributed by atoms with van der Waals surface area (Å²) < 4.78 is 0. The second-order valence-electron chi connectivity index (χ2n) is 8.16. The molecule has 0 bridgehead atoms. The average Bonchev–Trinajstić information content (AvgIpc) is 2.62. The van der Waals surface area contributed by atoms with Gasteiger partial charge in [-0.25, -0.2) is 0 Å². The first-order valence-corrected chi connectivity index (χ1v) is 11.1. The smallest absolute Gasteiger partial charge is 0.120 e. The summed E-state index contributed by atoms with van der Waals surface area (Å²) in [6.07, 6.45) is 18.0. The molecule has 0 aromatic carbocycles. The minimum atomic E-state index is 0.725. The third kappa shape index (κ3) is 12.6. The quantitative estimate of drug-likeness (QED) is 0.284. The number of aldehydes is 1. The fourth-order valence-corrected chi connectivity index (χ4v) is 3.98. The van der Waals surface area contributed by atoms with E-state index in [9.17, 15) is 4.79 Å². The standard InChI is InChI=1S/C22H44N2O/c1-3-4-5-6-7-8-9-16-24(17-10-11-21-25)18-12-13-22-14-19-23(2)20-15-22/h21-22H,3-20H2,1-2H3. The van der Waals surface area contributed by atoms with Gasteiger partial charge in [0, 0.05) is 6.42 Å². The van der Waals surface area contributed by atoms with E-state index < -0.39 is 0 Å². The topological polar surface area (TPSA) is 23.6 Å². The van der Waals surface area contributed by atoms with E-state index in [1.165, 1.54) is 96.8 Å². The van der Waals surface area contributed by atoms with Crippen molar-refractivity contribution in [1.29, 1.82) is 0 Å². The van der Waals surface area contributed by atoms with Crippen LogP contribution in [0.3, 0.4) is 0 Å². The van der Waals surface area contributed by atoms with Crippen molar-refractivity contribution in [3.8, 4) is 0 Å². The highest BCUT2D eigenvalue weighted by Gasteiger charge is 2.16. The summed E-state index contributed by atoms with van der Waals surface area (Å²) >= 11 is 0. The molecule has 1 aliphatic rings. The van der Waals surface area contributed by atoms with E-state index in [0.29, 0.717) is 0 Å². The first-order chi connectivity index (χ1) is 12.3. The van der Waals surface area contributed by atoms with Gasteiger partial charge in [0.25, 0.3) is 0 Å². The minimum absolute atomic E-state index is 0.725. The molecule has 25 heavy (non-hydrogen) atoms. The molecule has 0 atom stereocenters. The molecular weight excluding hydrogens is 308 g/mol. The van der Waals surface area contributed by atoms with Crippen molar-refractivity contribution in [2.24, 2.45) is 5.92 Å².